The first-order valence-corrected chi connectivity index (χ1v) is 8.18. The van der Waals surface area contributed by atoms with E-state index in [2.05, 4.69) is 47.2 Å². The summed E-state index contributed by atoms with van der Waals surface area (Å²) in [5.41, 5.74) is 1.24. The van der Waals surface area contributed by atoms with Crippen LogP contribution in [0.2, 0.25) is 0 Å². The van der Waals surface area contributed by atoms with Gasteiger partial charge in [0.25, 0.3) is 0 Å². The summed E-state index contributed by atoms with van der Waals surface area (Å²) in [5.74, 6) is 0. The van der Waals surface area contributed by atoms with Crippen LogP contribution in [0, 0.1) is 0 Å². The topological polar surface area (TPSA) is 32.3 Å². The zero-order chi connectivity index (χ0) is 14.5. The molecule has 2 unspecified atom stereocenters. The minimum atomic E-state index is 0.0850. The number of piperidine rings is 1. The molecule has 2 amide bonds. The molecule has 0 bridgehead atoms. The number of carbonyl (C=O) groups is 1. The third-order valence-corrected chi connectivity index (χ3v) is 4.56. The van der Waals surface area contributed by atoms with Gasteiger partial charge in [-0.05, 0) is 57.2 Å². The van der Waals surface area contributed by atoms with Gasteiger partial charge in [-0.15, -0.1) is 0 Å². The van der Waals surface area contributed by atoms with Crippen molar-refractivity contribution in [3.8, 4) is 0 Å². The van der Waals surface area contributed by atoms with Gasteiger partial charge in [-0.25, -0.2) is 4.79 Å². The summed E-state index contributed by atoms with van der Waals surface area (Å²) < 4.78 is 1.08. The largest absolute Gasteiger partial charge is 0.338 e. The van der Waals surface area contributed by atoms with Gasteiger partial charge in [-0.2, -0.15) is 0 Å². The van der Waals surface area contributed by atoms with Crippen molar-refractivity contribution < 1.29 is 4.79 Å². The Hall–Kier alpha value is -1.03. The molecule has 1 aromatic carbocycles. The molecule has 1 aromatic rings. The van der Waals surface area contributed by atoms with E-state index in [-0.39, 0.29) is 6.03 Å². The van der Waals surface area contributed by atoms with Crippen LogP contribution in [0.15, 0.2) is 28.7 Å². The average molecular weight is 339 g/mol. The summed E-state index contributed by atoms with van der Waals surface area (Å²) in [6.45, 7) is 4.98. The molecular formula is C16H23BrN2O. The van der Waals surface area contributed by atoms with E-state index < -0.39 is 0 Å². The molecule has 0 aromatic heterocycles. The molecule has 20 heavy (non-hydrogen) atoms. The van der Waals surface area contributed by atoms with Crippen molar-refractivity contribution in [3.05, 3.63) is 34.3 Å². The average Bonchev–Trinajstić information content (AvgIpc) is 2.41. The number of hydrogen-bond donors (Lipinski definition) is 1. The number of urea groups is 1. The van der Waals surface area contributed by atoms with Crippen LogP contribution in [0.3, 0.4) is 0 Å². The lowest BCUT2D eigenvalue weighted by Gasteiger charge is -2.38. The van der Waals surface area contributed by atoms with E-state index in [9.17, 15) is 4.79 Å². The number of rotatable bonds is 3. The highest BCUT2D eigenvalue weighted by molar-refractivity contribution is 9.10. The molecule has 0 radical (unpaired) electrons. The summed E-state index contributed by atoms with van der Waals surface area (Å²) in [6, 6.07) is 9.03. The Morgan fingerprint density at radius 1 is 1.25 bits per heavy atom. The molecule has 2 atom stereocenters. The number of likely N-dealkylation sites (tertiary alicyclic amines) is 1. The standard InChI is InChI=1S/C16H23BrN2O/c1-12-4-3-5-13(2)19(12)16(20)18-11-10-14-6-8-15(17)9-7-14/h6-9,12-13H,3-5,10-11H2,1-2H3,(H,18,20). The Bertz CT molecular complexity index is 436. The second kappa shape index (κ2) is 7.11. The Balaban J connectivity index is 1.81. The lowest BCUT2D eigenvalue weighted by atomic mass is 9.98. The van der Waals surface area contributed by atoms with Gasteiger partial charge in [0.05, 0.1) is 0 Å². The maximum Gasteiger partial charge on any atom is 0.317 e. The van der Waals surface area contributed by atoms with Crippen LogP contribution >= 0.6 is 15.9 Å². The first-order chi connectivity index (χ1) is 9.58. The van der Waals surface area contributed by atoms with Crippen molar-refractivity contribution in [2.75, 3.05) is 6.54 Å². The summed E-state index contributed by atoms with van der Waals surface area (Å²) >= 11 is 3.43. The van der Waals surface area contributed by atoms with E-state index >= 15 is 0 Å². The predicted octanol–water partition coefficient (Wildman–Crippen LogP) is 3.96. The Labute approximate surface area is 129 Å². The number of nitrogens with one attached hydrogen (secondary N) is 1. The number of hydrogen-bond acceptors (Lipinski definition) is 1. The summed E-state index contributed by atoms with van der Waals surface area (Å²) in [4.78, 5) is 14.3. The van der Waals surface area contributed by atoms with Gasteiger partial charge in [0.1, 0.15) is 0 Å². The highest BCUT2D eigenvalue weighted by Gasteiger charge is 2.28. The van der Waals surface area contributed by atoms with Crippen molar-refractivity contribution in [2.24, 2.45) is 0 Å². The van der Waals surface area contributed by atoms with Crippen LogP contribution in [-0.2, 0) is 6.42 Å². The first kappa shape index (κ1) is 15.4. The zero-order valence-corrected chi connectivity index (χ0v) is 13.8. The van der Waals surface area contributed by atoms with Crippen LogP contribution < -0.4 is 5.32 Å². The second-order valence-corrected chi connectivity index (χ2v) is 6.56. The fraction of sp³-hybridized carbons (Fsp3) is 0.562. The minimum absolute atomic E-state index is 0.0850. The lowest BCUT2D eigenvalue weighted by molar-refractivity contribution is 0.123. The number of carbonyl (C=O) groups excluding carboxylic acids is 1. The minimum Gasteiger partial charge on any atom is -0.338 e. The van der Waals surface area contributed by atoms with Gasteiger partial charge in [0, 0.05) is 23.1 Å². The maximum absolute atomic E-state index is 12.3. The molecule has 0 spiro atoms. The summed E-state index contributed by atoms with van der Waals surface area (Å²) in [7, 11) is 0. The first-order valence-electron chi connectivity index (χ1n) is 7.38. The molecule has 4 heteroatoms. The third-order valence-electron chi connectivity index (χ3n) is 4.03. The van der Waals surface area contributed by atoms with Gasteiger partial charge >= 0.3 is 6.03 Å². The quantitative estimate of drug-likeness (QED) is 0.888. The molecule has 1 fully saturated rings. The molecule has 2 rings (SSSR count). The van der Waals surface area contributed by atoms with Crippen molar-refractivity contribution >= 4 is 22.0 Å². The molecule has 1 aliphatic rings. The highest BCUT2D eigenvalue weighted by atomic mass is 79.9. The van der Waals surface area contributed by atoms with Gasteiger partial charge in [0.2, 0.25) is 0 Å². The van der Waals surface area contributed by atoms with E-state index in [0.29, 0.717) is 18.6 Å². The fourth-order valence-corrected chi connectivity index (χ4v) is 3.14. The predicted molar refractivity (Wildman–Crippen MR) is 85.9 cm³/mol. The van der Waals surface area contributed by atoms with E-state index in [1.165, 1.54) is 12.0 Å². The molecule has 1 N–H and O–H groups in total. The third kappa shape index (κ3) is 3.98. The molecule has 1 heterocycles. The lowest BCUT2D eigenvalue weighted by Crippen LogP contribution is -2.52. The SMILES string of the molecule is CC1CCCC(C)N1C(=O)NCCc1ccc(Br)cc1. The Morgan fingerprint density at radius 3 is 2.45 bits per heavy atom. The highest BCUT2D eigenvalue weighted by Crippen LogP contribution is 2.22. The van der Waals surface area contributed by atoms with Crippen molar-refractivity contribution in [1.29, 1.82) is 0 Å². The molecular weight excluding hydrogens is 316 g/mol. The van der Waals surface area contributed by atoms with Crippen LogP contribution in [0.5, 0.6) is 0 Å². The van der Waals surface area contributed by atoms with Gasteiger partial charge < -0.3 is 10.2 Å². The van der Waals surface area contributed by atoms with E-state index in [0.717, 1.165) is 23.7 Å². The van der Waals surface area contributed by atoms with E-state index in [4.69, 9.17) is 0 Å². The molecule has 110 valence electrons. The normalized spacial score (nSPS) is 22.6. The second-order valence-electron chi connectivity index (χ2n) is 5.64. The molecule has 1 saturated heterocycles. The zero-order valence-electron chi connectivity index (χ0n) is 12.2. The number of halogens is 1. The van der Waals surface area contributed by atoms with Crippen LogP contribution in [0.1, 0.15) is 38.7 Å². The Kier molecular flexibility index (Phi) is 5.46. The fourth-order valence-electron chi connectivity index (χ4n) is 2.88. The van der Waals surface area contributed by atoms with Crippen LogP contribution in [-0.4, -0.2) is 29.6 Å². The molecule has 0 aliphatic carbocycles. The molecule has 3 nitrogen and oxygen atoms in total. The van der Waals surface area contributed by atoms with Gasteiger partial charge in [-0.1, -0.05) is 28.1 Å². The number of amides is 2. The smallest absolute Gasteiger partial charge is 0.317 e. The van der Waals surface area contributed by atoms with E-state index in [1.54, 1.807) is 0 Å². The molecule has 1 aliphatic heterocycles. The van der Waals surface area contributed by atoms with Gasteiger partial charge in [0.15, 0.2) is 0 Å². The van der Waals surface area contributed by atoms with Gasteiger partial charge in [-0.3, -0.25) is 0 Å². The van der Waals surface area contributed by atoms with Crippen LogP contribution in [0.25, 0.3) is 0 Å². The van der Waals surface area contributed by atoms with Crippen LogP contribution in [0.4, 0.5) is 4.79 Å². The van der Waals surface area contributed by atoms with Crippen molar-refractivity contribution in [3.63, 3.8) is 0 Å². The molecule has 0 saturated carbocycles. The number of benzene rings is 1. The number of nitrogens with zero attached hydrogens (tertiary/aromatic N) is 1. The monoisotopic (exact) mass is 338 g/mol. The maximum atomic E-state index is 12.3. The summed E-state index contributed by atoms with van der Waals surface area (Å²) in [5, 5.41) is 3.05. The van der Waals surface area contributed by atoms with E-state index in [1.807, 2.05) is 17.0 Å². The Morgan fingerprint density at radius 2 is 1.85 bits per heavy atom. The van der Waals surface area contributed by atoms with Crippen molar-refractivity contribution in [2.45, 2.75) is 51.6 Å². The summed E-state index contributed by atoms with van der Waals surface area (Å²) in [6.07, 6.45) is 4.33. The van der Waals surface area contributed by atoms with Crippen molar-refractivity contribution in [1.82, 2.24) is 10.2 Å².